The van der Waals surface area contributed by atoms with Gasteiger partial charge in [0.25, 0.3) is 0 Å². The Hall–Kier alpha value is -5.83. The Morgan fingerprint density at radius 3 is 1.54 bits per heavy atom. The standard InChI is InChI=1S/C41H31N5/c1-40(2)20-21-41(3,4)36-35(40)31(23-43)30(22-42)32(24-44)37(36)46-34-17-11-9-15-27(34)29-19-18-28-26-14-8-10-16-33(26)45(38(28)39(29)46)25-12-6-5-7-13-25/h5-19H,20-21H2,1-4H3. The Kier molecular flexibility index (Phi) is 5.77. The highest BCUT2D eigenvalue weighted by molar-refractivity contribution is 6.24. The Bertz CT molecular complexity index is 2550. The molecule has 0 spiro atoms. The molecule has 220 valence electrons. The van der Waals surface area contributed by atoms with Gasteiger partial charge in [-0.25, -0.2) is 0 Å². The van der Waals surface area contributed by atoms with Crippen molar-refractivity contribution in [3.05, 3.63) is 119 Å². The first-order valence-corrected chi connectivity index (χ1v) is 15.7. The molecule has 0 fully saturated rings. The van der Waals surface area contributed by atoms with Crippen LogP contribution in [0.4, 0.5) is 0 Å². The second kappa shape index (κ2) is 9.58. The summed E-state index contributed by atoms with van der Waals surface area (Å²) in [5.74, 6) is 0. The van der Waals surface area contributed by atoms with E-state index in [4.69, 9.17) is 0 Å². The van der Waals surface area contributed by atoms with Crippen LogP contribution in [0.1, 0.15) is 68.4 Å². The Morgan fingerprint density at radius 1 is 0.500 bits per heavy atom. The molecule has 5 aromatic carbocycles. The van der Waals surface area contributed by atoms with Gasteiger partial charge in [-0.2, -0.15) is 15.8 Å². The fourth-order valence-electron chi connectivity index (χ4n) is 8.08. The lowest BCUT2D eigenvalue weighted by molar-refractivity contribution is 0.330. The van der Waals surface area contributed by atoms with Crippen molar-refractivity contribution in [1.82, 2.24) is 9.13 Å². The van der Waals surface area contributed by atoms with Crippen LogP contribution in [0, 0.1) is 34.0 Å². The van der Waals surface area contributed by atoms with Crippen LogP contribution >= 0.6 is 0 Å². The molecular formula is C41H31N5. The lowest BCUT2D eigenvalue weighted by atomic mass is 9.60. The number of hydrogen-bond acceptors (Lipinski definition) is 3. The van der Waals surface area contributed by atoms with Crippen LogP contribution in [0.5, 0.6) is 0 Å². The van der Waals surface area contributed by atoms with Crippen molar-refractivity contribution in [2.45, 2.75) is 51.4 Å². The molecule has 0 radical (unpaired) electrons. The maximum absolute atomic E-state index is 10.9. The molecule has 0 atom stereocenters. The van der Waals surface area contributed by atoms with Crippen LogP contribution in [0.15, 0.2) is 91.0 Å². The van der Waals surface area contributed by atoms with Crippen LogP contribution in [-0.2, 0) is 10.8 Å². The molecule has 1 aliphatic rings. The van der Waals surface area contributed by atoms with Gasteiger partial charge < -0.3 is 9.13 Å². The number of aromatic nitrogens is 2. The Labute approximate surface area is 267 Å². The molecule has 0 aliphatic heterocycles. The van der Waals surface area contributed by atoms with E-state index < -0.39 is 0 Å². The fraction of sp³-hybridized carbons (Fsp3) is 0.195. The van der Waals surface area contributed by atoms with Crippen LogP contribution in [-0.4, -0.2) is 9.13 Å². The van der Waals surface area contributed by atoms with Gasteiger partial charge >= 0.3 is 0 Å². The molecule has 5 heteroatoms. The monoisotopic (exact) mass is 593 g/mol. The van der Waals surface area contributed by atoms with Crippen LogP contribution in [0.25, 0.3) is 55.0 Å². The molecule has 0 saturated heterocycles. The minimum Gasteiger partial charge on any atom is -0.307 e. The van der Waals surface area contributed by atoms with Crippen molar-refractivity contribution < 1.29 is 0 Å². The van der Waals surface area contributed by atoms with Gasteiger partial charge in [-0.1, -0.05) is 94.4 Å². The molecular weight excluding hydrogens is 562 g/mol. The Morgan fingerprint density at radius 2 is 0.978 bits per heavy atom. The number of fused-ring (bicyclic) bond motifs is 8. The van der Waals surface area contributed by atoms with Crippen LogP contribution < -0.4 is 0 Å². The summed E-state index contributed by atoms with van der Waals surface area (Å²) in [6.07, 6.45) is 1.76. The molecule has 0 saturated carbocycles. The number of para-hydroxylation sites is 3. The third-order valence-electron chi connectivity index (χ3n) is 10.2. The zero-order valence-corrected chi connectivity index (χ0v) is 26.3. The molecule has 0 unspecified atom stereocenters. The Balaban J connectivity index is 1.72. The minimum atomic E-state index is -0.364. The summed E-state index contributed by atoms with van der Waals surface area (Å²) < 4.78 is 4.57. The van der Waals surface area contributed by atoms with Crippen molar-refractivity contribution in [1.29, 1.82) is 15.8 Å². The molecule has 0 N–H and O–H groups in total. The number of benzene rings is 5. The SMILES string of the molecule is CC1(C)CCC(C)(C)c2c(-n3c4ccccc4c4ccc5c6ccccc6n(-c6ccccc6)c5c43)c(C#N)c(C#N)c(C#N)c21. The molecule has 7 aromatic rings. The van der Waals surface area contributed by atoms with Crippen molar-refractivity contribution in [3.8, 4) is 29.6 Å². The molecule has 0 bridgehead atoms. The summed E-state index contributed by atoms with van der Waals surface area (Å²) in [4.78, 5) is 0. The highest BCUT2D eigenvalue weighted by atomic mass is 15.1. The molecule has 2 aromatic heterocycles. The molecule has 1 aliphatic carbocycles. The van der Waals surface area contributed by atoms with E-state index in [1.165, 1.54) is 0 Å². The average molecular weight is 594 g/mol. The highest BCUT2D eigenvalue weighted by Gasteiger charge is 2.44. The van der Waals surface area contributed by atoms with Crippen molar-refractivity contribution in [2.75, 3.05) is 0 Å². The minimum absolute atomic E-state index is 0.159. The van der Waals surface area contributed by atoms with E-state index in [0.717, 1.165) is 79.0 Å². The van der Waals surface area contributed by atoms with Gasteiger partial charge in [0.1, 0.15) is 18.2 Å². The van der Waals surface area contributed by atoms with Gasteiger partial charge in [-0.15, -0.1) is 0 Å². The van der Waals surface area contributed by atoms with Crippen molar-refractivity contribution >= 4 is 43.6 Å². The molecule has 2 heterocycles. The lowest BCUT2D eigenvalue weighted by Crippen LogP contribution is -2.37. The van der Waals surface area contributed by atoms with E-state index in [1.807, 2.05) is 12.1 Å². The third kappa shape index (κ3) is 3.53. The van der Waals surface area contributed by atoms with E-state index in [2.05, 4.69) is 134 Å². The summed E-state index contributed by atoms with van der Waals surface area (Å²) in [7, 11) is 0. The number of nitriles is 3. The van der Waals surface area contributed by atoms with Crippen molar-refractivity contribution in [3.63, 3.8) is 0 Å². The first-order valence-electron chi connectivity index (χ1n) is 15.7. The number of rotatable bonds is 2. The van der Waals surface area contributed by atoms with Gasteiger partial charge in [-0.05, 0) is 59.1 Å². The third-order valence-corrected chi connectivity index (χ3v) is 10.2. The van der Waals surface area contributed by atoms with E-state index in [-0.39, 0.29) is 22.0 Å². The predicted octanol–water partition coefficient (Wildman–Crippen LogP) is 9.84. The average Bonchev–Trinajstić information content (AvgIpc) is 3.59. The van der Waals surface area contributed by atoms with E-state index in [1.54, 1.807) is 0 Å². The molecule has 5 nitrogen and oxygen atoms in total. The maximum Gasteiger partial charge on any atom is 0.103 e. The maximum atomic E-state index is 10.9. The van der Waals surface area contributed by atoms with Crippen LogP contribution in [0.2, 0.25) is 0 Å². The first kappa shape index (κ1) is 27.7. The first-order chi connectivity index (χ1) is 22.2. The zero-order valence-electron chi connectivity index (χ0n) is 26.3. The van der Waals surface area contributed by atoms with E-state index in [0.29, 0.717) is 5.56 Å². The second-order valence-corrected chi connectivity index (χ2v) is 13.7. The quantitative estimate of drug-likeness (QED) is 0.200. The van der Waals surface area contributed by atoms with Gasteiger partial charge in [0.2, 0.25) is 0 Å². The molecule has 0 amide bonds. The summed E-state index contributed by atoms with van der Waals surface area (Å²) in [6, 6.07) is 38.7. The van der Waals surface area contributed by atoms with Gasteiger partial charge in [0, 0.05) is 27.2 Å². The summed E-state index contributed by atoms with van der Waals surface area (Å²) >= 11 is 0. The lowest BCUT2D eigenvalue weighted by Gasteiger charge is -2.44. The molecule has 8 rings (SSSR count). The van der Waals surface area contributed by atoms with Crippen molar-refractivity contribution in [2.24, 2.45) is 0 Å². The van der Waals surface area contributed by atoms with Crippen LogP contribution in [0.3, 0.4) is 0 Å². The smallest absolute Gasteiger partial charge is 0.103 e. The highest BCUT2D eigenvalue weighted by Crippen LogP contribution is 2.53. The largest absolute Gasteiger partial charge is 0.307 e. The van der Waals surface area contributed by atoms with E-state index >= 15 is 0 Å². The summed E-state index contributed by atoms with van der Waals surface area (Å²) in [5, 5.41) is 36.5. The number of nitrogens with zero attached hydrogens (tertiary/aromatic N) is 5. The normalized spacial score (nSPS) is 15.1. The zero-order chi connectivity index (χ0) is 32.0. The summed E-state index contributed by atoms with van der Waals surface area (Å²) in [5.41, 5.74) is 7.72. The second-order valence-electron chi connectivity index (χ2n) is 13.7. The fourth-order valence-corrected chi connectivity index (χ4v) is 8.08. The topological polar surface area (TPSA) is 81.2 Å². The number of hydrogen-bond donors (Lipinski definition) is 0. The van der Waals surface area contributed by atoms with E-state index in [9.17, 15) is 15.8 Å². The van der Waals surface area contributed by atoms with Gasteiger partial charge in [0.05, 0.1) is 44.4 Å². The molecule has 46 heavy (non-hydrogen) atoms. The van der Waals surface area contributed by atoms with Gasteiger partial charge in [-0.3, -0.25) is 0 Å². The predicted molar refractivity (Wildman–Crippen MR) is 185 cm³/mol. The van der Waals surface area contributed by atoms with Gasteiger partial charge in [0.15, 0.2) is 0 Å². The summed E-state index contributed by atoms with van der Waals surface area (Å²) in [6.45, 7) is 8.75.